The van der Waals surface area contributed by atoms with Gasteiger partial charge >= 0.3 is 24.0 Å². The summed E-state index contributed by atoms with van der Waals surface area (Å²) in [7, 11) is 1.20. The Morgan fingerprint density at radius 2 is 0.891 bits per heavy atom. The third kappa shape index (κ3) is 39.4. The first-order chi connectivity index (χ1) is 30.5. The lowest BCUT2D eigenvalue weighted by Gasteiger charge is -2.27. The summed E-state index contributed by atoms with van der Waals surface area (Å²) in [5.41, 5.74) is -1.46. The van der Waals surface area contributed by atoms with Gasteiger partial charge in [0, 0.05) is 12.8 Å². The second-order valence-electron chi connectivity index (χ2n) is 19.5. The molecule has 0 saturated carbocycles. The molecule has 0 saturated heterocycles. The molecule has 13 heteroatoms. The Bertz CT molecular complexity index is 1200. The molecule has 0 spiro atoms. The van der Waals surface area contributed by atoms with E-state index in [0.717, 1.165) is 44.9 Å². The van der Waals surface area contributed by atoms with Gasteiger partial charge in [-0.2, -0.15) is 0 Å². The van der Waals surface area contributed by atoms with Crippen LogP contribution in [-0.4, -0.2) is 92.8 Å². The summed E-state index contributed by atoms with van der Waals surface area (Å²) in [6, 6.07) is -2.50. The highest BCUT2D eigenvalue weighted by atomic mass is 16.6. The Morgan fingerprint density at radius 1 is 0.469 bits per heavy atom. The van der Waals surface area contributed by atoms with Crippen molar-refractivity contribution in [3.8, 4) is 0 Å². The summed E-state index contributed by atoms with van der Waals surface area (Å²) in [6.45, 7) is 14.0. The standard InChI is InChI=1S/C51H96N2O11/c1-10-12-14-16-18-20-22-24-26-28-30-32-34-36-45(54)61-39-42(63-46(55)37-35-33-31-29-27-25-23-21-19-17-15-13-11-2)38-60-40-43(53-49(58)64-51(6,7)8)47(56)52-44(48(57)59-9)41-62-50(3,4)5/h42-44H,10-41H2,1-9H3,(H,52,56)(H,53,58)/t42-,43?,44+/m0/s1. The Labute approximate surface area is 390 Å². The van der Waals surface area contributed by atoms with Gasteiger partial charge in [-0.1, -0.05) is 168 Å². The van der Waals surface area contributed by atoms with E-state index in [4.69, 9.17) is 28.4 Å². The minimum atomic E-state index is -1.32. The van der Waals surface area contributed by atoms with Gasteiger partial charge in [0.05, 0.1) is 32.5 Å². The van der Waals surface area contributed by atoms with Gasteiger partial charge in [0.1, 0.15) is 18.2 Å². The van der Waals surface area contributed by atoms with Crippen LogP contribution in [0.3, 0.4) is 0 Å². The summed E-state index contributed by atoms with van der Waals surface area (Å²) >= 11 is 0. The molecule has 2 N–H and O–H groups in total. The fourth-order valence-electron chi connectivity index (χ4n) is 7.06. The Hall–Kier alpha value is -2.93. The number of nitrogens with one attached hydrogen (secondary N) is 2. The van der Waals surface area contributed by atoms with Crippen LogP contribution in [0.15, 0.2) is 0 Å². The third-order valence-corrected chi connectivity index (χ3v) is 10.8. The molecule has 0 radical (unpaired) electrons. The molecular weight excluding hydrogens is 817 g/mol. The normalized spacial score (nSPS) is 13.1. The largest absolute Gasteiger partial charge is 0.467 e. The second kappa shape index (κ2) is 39.3. The van der Waals surface area contributed by atoms with Crippen LogP contribution in [0, 0.1) is 0 Å². The fourth-order valence-corrected chi connectivity index (χ4v) is 7.06. The summed E-state index contributed by atoms with van der Waals surface area (Å²) in [6.07, 6.45) is 29.8. The monoisotopic (exact) mass is 913 g/mol. The van der Waals surface area contributed by atoms with E-state index in [1.807, 2.05) is 20.8 Å². The van der Waals surface area contributed by atoms with Crippen LogP contribution >= 0.6 is 0 Å². The molecule has 0 fully saturated rings. The van der Waals surface area contributed by atoms with Crippen molar-refractivity contribution in [3.63, 3.8) is 0 Å². The maximum atomic E-state index is 13.6. The van der Waals surface area contributed by atoms with Crippen molar-refractivity contribution in [2.24, 2.45) is 0 Å². The van der Waals surface area contributed by atoms with Crippen LogP contribution in [0.1, 0.15) is 235 Å². The van der Waals surface area contributed by atoms with Crippen molar-refractivity contribution < 1.29 is 52.4 Å². The van der Waals surface area contributed by atoms with Gasteiger partial charge in [-0.3, -0.25) is 14.4 Å². The number of ether oxygens (including phenoxy) is 6. The number of hydrogen-bond acceptors (Lipinski definition) is 11. The van der Waals surface area contributed by atoms with Crippen LogP contribution in [0.5, 0.6) is 0 Å². The zero-order chi connectivity index (χ0) is 47.9. The van der Waals surface area contributed by atoms with E-state index in [1.165, 1.54) is 123 Å². The van der Waals surface area contributed by atoms with Crippen molar-refractivity contribution in [2.45, 2.75) is 265 Å². The first-order valence-electron chi connectivity index (χ1n) is 25.5. The van der Waals surface area contributed by atoms with Crippen molar-refractivity contribution in [1.82, 2.24) is 10.6 Å². The molecule has 3 atom stereocenters. The lowest BCUT2D eigenvalue weighted by atomic mass is 10.0. The van der Waals surface area contributed by atoms with E-state index in [2.05, 4.69) is 24.5 Å². The SMILES string of the molecule is CCCCCCCCCCCCCCCC(=O)OC[C@H](COCC(NC(=O)OC(C)(C)C)C(=O)N[C@H](COC(C)(C)C)C(=O)OC)OC(=O)CCCCCCCCCCCCCCC. The van der Waals surface area contributed by atoms with Crippen LogP contribution in [-0.2, 0) is 47.6 Å². The number of esters is 3. The maximum Gasteiger partial charge on any atom is 0.408 e. The molecule has 0 aromatic carbocycles. The minimum Gasteiger partial charge on any atom is -0.467 e. The topological polar surface area (TPSA) is 165 Å². The summed E-state index contributed by atoms with van der Waals surface area (Å²) in [5.74, 6) is -2.29. The summed E-state index contributed by atoms with van der Waals surface area (Å²) < 4.78 is 33.2. The molecule has 13 nitrogen and oxygen atoms in total. The van der Waals surface area contributed by atoms with Gasteiger partial charge in [-0.05, 0) is 54.4 Å². The predicted octanol–water partition coefficient (Wildman–Crippen LogP) is 11.8. The average molecular weight is 913 g/mol. The first kappa shape index (κ1) is 61.1. The second-order valence-corrected chi connectivity index (χ2v) is 19.5. The van der Waals surface area contributed by atoms with Gasteiger partial charge in [-0.25, -0.2) is 9.59 Å². The van der Waals surface area contributed by atoms with Gasteiger partial charge < -0.3 is 39.1 Å². The number of carbonyl (C=O) groups excluding carboxylic acids is 5. The Balaban J connectivity index is 5.30. The molecule has 0 aliphatic rings. The minimum absolute atomic E-state index is 0.177. The van der Waals surface area contributed by atoms with Crippen molar-refractivity contribution in [2.75, 3.05) is 33.5 Å². The maximum absolute atomic E-state index is 13.6. The smallest absolute Gasteiger partial charge is 0.408 e. The molecule has 1 unspecified atom stereocenters. The molecular formula is C51H96N2O11. The van der Waals surface area contributed by atoms with Gasteiger partial charge in [-0.15, -0.1) is 0 Å². The van der Waals surface area contributed by atoms with Crippen LogP contribution in [0.4, 0.5) is 4.79 Å². The zero-order valence-electron chi connectivity index (χ0n) is 42.4. The van der Waals surface area contributed by atoms with Crippen molar-refractivity contribution in [3.05, 3.63) is 0 Å². The molecule has 0 aromatic heterocycles. The lowest BCUT2D eigenvalue weighted by molar-refractivity contribution is -0.163. The van der Waals surface area contributed by atoms with E-state index in [0.29, 0.717) is 6.42 Å². The molecule has 376 valence electrons. The highest BCUT2D eigenvalue weighted by Gasteiger charge is 2.31. The molecule has 0 rings (SSSR count). The lowest BCUT2D eigenvalue weighted by Crippen LogP contribution is -2.55. The van der Waals surface area contributed by atoms with Gasteiger partial charge in [0.2, 0.25) is 5.91 Å². The Morgan fingerprint density at radius 3 is 1.30 bits per heavy atom. The average Bonchev–Trinajstić information content (AvgIpc) is 3.22. The van der Waals surface area contributed by atoms with E-state index in [-0.39, 0.29) is 45.2 Å². The highest BCUT2D eigenvalue weighted by Crippen LogP contribution is 2.16. The number of carbonyl (C=O) groups is 5. The van der Waals surface area contributed by atoms with Gasteiger partial charge in [0.15, 0.2) is 12.1 Å². The molecule has 2 amide bonds. The van der Waals surface area contributed by atoms with E-state index in [9.17, 15) is 24.0 Å². The molecule has 64 heavy (non-hydrogen) atoms. The number of unbranched alkanes of at least 4 members (excludes halogenated alkanes) is 24. The van der Waals surface area contributed by atoms with Gasteiger partial charge in [0.25, 0.3) is 0 Å². The number of rotatable bonds is 41. The molecule has 0 heterocycles. The zero-order valence-corrected chi connectivity index (χ0v) is 42.4. The molecule has 0 aromatic rings. The summed E-state index contributed by atoms with van der Waals surface area (Å²) in [5, 5.41) is 5.10. The van der Waals surface area contributed by atoms with Crippen molar-refractivity contribution in [1.29, 1.82) is 0 Å². The number of hydrogen-bond donors (Lipinski definition) is 2. The summed E-state index contributed by atoms with van der Waals surface area (Å²) in [4.78, 5) is 64.8. The fraction of sp³-hybridized carbons (Fsp3) is 0.902. The first-order valence-corrected chi connectivity index (χ1v) is 25.5. The number of alkyl carbamates (subject to hydrolysis) is 1. The molecule has 0 bridgehead atoms. The number of methoxy groups -OCH3 is 1. The van der Waals surface area contributed by atoms with Crippen LogP contribution < -0.4 is 10.6 Å². The van der Waals surface area contributed by atoms with E-state index < -0.39 is 53.3 Å². The third-order valence-electron chi connectivity index (χ3n) is 10.8. The van der Waals surface area contributed by atoms with E-state index in [1.54, 1.807) is 20.8 Å². The predicted molar refractivity (Wildman–Crippen MR) is 255 cm³/mol. The number of amides is 2. The van der Waals surface area contributed by atoms with Crippen molar-refractivity contribution >= 4 is 29.9 Å². The van der Waals surface area contributed by atoms with Crippen LogP contribution in [0.2, 0.25) is 0 Å². The Kier molecular flexibility index (Phi) is 37.5. The molecule has 0 aliphatic carbocycles. The van der Waals surface area contributed by atoms with E-state index >= 15 is 0 Å². The molecule has 0 aliphatic heterocycles. The quantitative estimate of drug-likeness (QED) is 0.0341. The highest BCUT2D eigenvalue weighted by molar-refractivity contribution is 5.89. The van der Waals surface area contributed by atoms with Crippen LogP contribution in [0.25, 0.3) is 0 Å².